The fraction of sp³-hybridized carbons (Fsp3) is 0.414. The second kappa shape index (κ2) is 10.8. The van der Waals surface area contributed by atoms with Gasteiger partial charge in [0.1, 0.15) is 36.2 Å². The molecular weight excluding hydrogens is 586 g/mol. The van der Waals surface area contributed by atoms with Crippen LogP contribution in [0.15, 0.2) is 29.2 Å². The minimum Gasteiger partial charge on any atom is -0.488 e. The number of amides is 1. The number of aliphatic hydroxyl groups excluding tert-OH is 1. The first kappa shape index (κ1) is 29.4. The molecule has 0 spiro atoms. The Kier molecular flexibility index (Phi) is 7.24. The Balaban J connectivity index is 1.20. The first-order chi connectivity index (χ1) is 20.9. The van der Waals surface area contributed by atoms with Crippen molar-refractivity contribution >= 4 is 40.0 Å². The van der Waals surface area contributed by atoms with E-state index in [0.717, 1.165) is 6.07 Å². The van der Waals surface area contributed by atoms with Crippen LogP contribution < -0.4 is 30.4 Å². The number of carboxylic acid groups (broad SMARTS) is 1. The Bertz CT molecular complexity index is 1740. The van der Waals surface area contributed by atoms with Gasteiger partial charge in [0.05, 0.1) is 41.5 Å². The molecule has 5 N–H and O–H groups in total. The highest BCUT2D eigenvalue weighted by Gasteiger charge is 2.38. The number of halogens is 2. The number of cyclic esters (lactones) is 1. The van der Waals surface area contributed by atoms with Crippen molar-refractivity contribution in [3.8, 4) is 11.5 Å². The predicted octanol–water partition coefficient (Wildman–Crippen LogP) is 2.24. The number of rotatable bonds is 7. The van der Waals surface area contributed by atoms with Gasteiger partial charge in [-0.1, -0.05) is 0 Å². The molecular formula is C29H30F2N4O9. The number of carboxylic acids is 1. The average molecular weight is 617 g/mol. The SMILES string of the molecule is C[C@H]1COc2c(N3CCC(O)(COc4ccc(N5C[C@H](CO)OC5=O)cc4F)CC3)c(F)c(N)c3c(=O)c(C(=O)O)cn1c23. The Labute approximate surface area is 248 Å². The fourth-order valence-corrected chi connectivity index (χ4v) is 5.87. The number of nitrogen functional groups attached to an aromatic ring is 1. The molecule has 2 fully saturated rings. The Morgan fingerprint density at radius 3 is 2.59 bits per heavy atom. The standard InChI is InChI=1S/C29H30F2N4O9/c1-14-12-42-26-23-20(25(37)17(27(38)39)10-34(14)23)22(32)21(31)24(26)33-6-4-29(41,5-7-33)13-43-19-3-2-15(8-18(19)30)35-9-16(11-36)44-28(35)40/h2-3,8,10,14,16,36,41H,4-7,9,11-13,32H2,1H3,(H,38,39)/t14-,16+/m0/s1. The van der Waals surface area contributed by atoms with Crippen LogP contribution in [-0.4, -0.2) is 83.1 Å². The zero-order valence-corrected chi connectivity index (χ0v) is 23.6. The number of anilines is 3. The van der Waals surface area contributed by atoms with E-state index in [9.17, 15) is 34.1 Å². The van der Waals surface area contributed by atoms with Gasteiger partial charge in [-0.3, -0.25) is 9.69 Å². The molecule has 13 nitrogen and oxygen atoms in total. The molecule has 0 aliphatic carbocycles. The van der Waals surface area contributed by atoms with Gasteiger partial charge in [0.15, 0.2) is 23.1 Å². The monoisotopic (exact) mass is 616 g/mol. The number of aliphatic hydroxyl groups is 2. The largest absolute Gasteiger partial charge is 0.488 e. The van der Waals surface area contributed by atoms with Gasteiger partial charge in [-0.15, -0.1) is 0 Å². The molecule has 2 aromatic carbocycles. The number of nitrogens with zero attached hydrogens (tertiary/aromatic N) is 3. The molecule has 4 heterocycles. The highest BCUT2D eigenvalue weighted by Crippen LogP contribution is 2.46. The molecule has 3 aliphatic heterocycles. The number of aromatic carboxylic acids is 1. The number of hydrogen-bond acceptors (Lipinski definition) is 10. The molecule has 234 valence electrons. The van der Waals surface area contributed by atoms with Gasteiger partial charge in [-0.05, 0) is 31.9 Å². The molecule has 1 amide bonds. The third-order valence-electron chi connectivity index (χ3n) is 8.36. The number of carbonyl (C=O) groups excluding carboxylic acids is 1. The summed E-state index contributed by atoms with van der Waals surface area (Å²) in [6.07, 6.45) is 0.0144. The van der Waals surface area contributed by atoms with Crippen LogP contribution in [0.3, 0.4) is 0 Å². The Morgan fingerprint density at radius 1 is 1.23 bits per heavy atom. The molecule has 6 rings (SSSR count). The van der Waals surface area contributed by atoms with Crippen LogP contribution in [0.25, 0.3) is 10.9 Å². The van der Waals surface area contributed by atoms with Crippen molar-refractivity contribution in [1.29, 1.82) is 0 Å². The van der Waals surface area contributed by atoms with Crippen LogP contribution in [0.4, 0.5) is 30.6 Å². The van der Waals surface area contributed by atoms with E-state index < -0.39 is 52.1 Å². The average Bonchev–Trinajstić information content (AvgIpc) is 3.38. The summed E-state index contributed by atoms with van der Waals surface area (Å²) in [6.45, 7) is 1.58. The zero-order chi connectivity index (χ0) is 31.5. The molecule has 3 aliphatic rings. The van der Waals surface area contributed by atoms with Crippen LogP contribution in [0, 0.1) is 11.6 Å². The van der Waals surface area contributed by atoms with Gasteiger partial charge < -0.3 is 44.7 Å². The number of nitrogens with two attached hydrogens (primary N) is 1. The van der Waals surface area contributed by atoms with Gasteiger partial charge in [0, 0.05) is 25.4 Å². The van der Waals surface area contributed by atoms with Crippen molar-refractivity contribution in [3.05, 3.63) is 51.8 Å². The van der Waals surface area contributed by atoms with Crippen molar-refractivity contribution in [2.45, 2.75) is 37.5 Å². The van der Waals surface area contributed by atoms with E-state index in [1.165, 1.54) is 23.2 Å². The summed E-state index contributed by atoms with van der Waals surface area (Å²) in [5.41, 5.74) is 3.21. The highest BCUT2D eigenvalue weighted by atomic mass is 19.1. The molecule has 0 unspecified atom stereocenters. The van der Waals surface area contributed by atoms with Crippen molar-refractivity contribution in [1.82, 2.24) is 4.57 Å². The molecule has 2 saturated heterocycles. The Morgan fingerprint density at radius 2 is 1.95 bits per heavy atom. The first-order valence-electron chi connectivity index (χ1n) is 14.0. The van der Waals surface area contributed by atoms with Gasteiger partial charge in [0.2, 0.25) is 5.43 Å². The molecule has 2 atom stereocenters. The van der Waals surface area contributed by atoms with Crippen LogP contribution in [0.5, 0.6) is 11.5 Å². The molecule has 15 heteroatoms. The molecule has 0 bridgehead atoms. The first-order valence-corrected chi connectivity index (χ1v) is 14.0. The Hall–Kier alpha value is -4.63. The minimum atomic E-state index is -1.45. The van der Waals surface area contributed by atoms with Gasteiger partial charge in [0.25, 0.3) is 0 Å². The van der Waals surface area contributed by atoms with Gasteiger partial charge in [-0.2, -0.15) is 0 Å². The normalized spacial score (nSPS) is 20.9. The highest BCUT2D eigenvalue weighted by molar-refractivity contribution is 6.03. The smallest absolute Gasteiger partial charge is 0.414 e. The number of hydrogen-bond donors (Lipinski definition) is 4. The quantitative estimate of drug-likeness (QED) is 0.286. The summed E-state index contributed by atoms with van der Waals surface area (Å²) >= 11 is 0. The van der Waals surface area contributed by atoms with Crippen LogP contribution >= 0.6 is 0 Å². The van der Waals surface area contributed by atoms with Crippen molar-refractivity contribution in [2.75, 3.05) is 55.0 Å². The van der Waals surface area contributed by atoms with E-state index in [1.807, 2.05) is 0 Å². The maximum absolute atomic E-state index is 15.8. The minimum absolute atomic E-state index is 0.00611. The topological polar surface area (TPSA) is 177 Å². The molecule has 0 saturated carbocycles. The maximum Gasteiger partial charge on any atom is 0.414 e. The second-order valence-corrected chi connectivity index (χ2v) is 11.3. The number of carbonyl (C=O) groups is 2. The third-order valence-corrected chi connectivity index (χ3v) is 8.36. The number of pyridine rings is 1. The molecule has 44 heavy (non-hydrogen) atoms. The van der Waals surface area contributed by atoms with E-state index in [-0.39, 0.29) is 92.1 Å². The maximum atomic E-state index is 15.8. The summed E-state index contributed by atoms with van der Waals surface area (Å²) in [5, 5.41) is 29.7. The third kappa shape index (κ3) is 4.81. The summed E-state index contributed by atoms with van der Waals surface area (Å²) in [5.74, 6) is -3.22. The van der Waals surface area contributed by atoms with E-state index >= 15 is 4.39 Å². The van der Waals surface area contributed by atoms with Crippen molar-refractivity contribution in [2.24, 2.45) is 0 Å². The van der Waals surface area contributed by atoms with Crippen molar-refractivity contribution in [3.63, 3.8) is 0 Å². The lowest BCUT2D eigenvalue weighted by Gasteiger charge is -2.40. The lowest BCUT2D eigenvalue weighted by molar-refractivity contribution is -0.0251. The molecule has 1 aromatic heterocycles. The summed E-state index contributed by atoms with van der Waals surface area (Å²) in [7, 11) is 0. The summed E-state index contributed by atoms with van der Waals surface area (Å²) in [4.78, 5) is 39.5. The summed E-state index contributed by atoms with van der Waals surface area (Å²) < 4.78 is 48.7. The van der Waals surface area contributed by atoms with E-state index in [2.05, 4.69) is 0 Å². The van der Waals surface area contributed by atoms with Gasteiger partial charge in [-0.25, -0.2) is 18.4 Å². The number of ether oxygens (including phenoxy) is 3. The number of piperidine rings is 1. The van der Waals surface area contributed by atoms with E-state index in [4.69, 9.17) is 19.9 Å². The molecule has 3 aromatic rings. The van der Waals surface area contributed by atoms with E-state index in [0.29, 0.717) is 0 Å². The molecule has 0 radical (unpaired) electrons. The van der Waals surface area contributed by atoms with E-state index in [1.54, 1.807) is 16.4 Å². The van der Waals surface area contributed by atoms with Crippen LogP contribution in [-0.2, 0) is 4.74 Å². The van der Waals surface area contributed by atoms with Gasteiger partial charge >= 0.3 is 12.1 Å². The predicted molar refractivity (Wildman–Crippen MR) is 153 cm³/mol. The van der Waals surface area contributed by atoms with Crippen LogP contribution in [0.1, 0.15) is 36.2 Å². The number of aromatic nitrogens is 1. The lowest BCUT2D eigenvalue weighted by Crippen LogP contribution is -2.48. The fourth-order valence-electron chi connectivity index (χ4n) is 5.87. The van der Waals surface area contributed by atoms with Crippen molar-refractivity contribution < 1.29 is 47.9 Å². The zero-order valence-electron chi connectivity index (χ0n) is 23.6. The second-order valence-electron chi connectivity index (χ2n) is 11.3. The summed E-state index contributed by atoms with van der Waals surface area (Å²) in [6, 6.07) is 3.53. The lowest BCUT2D eigenvalue weighted by atomic mass is 9.91. The van der Waals surface area contributed by atoms with Crippen LogP contribution in [0.2, 0.25) is 0 Å². The number of benzene rings is 2.